The van der Waals surface area contributed by atoms with E-state index >= 15 is 0 Å². The predicted octanol–water partition coefficient (Wildman–Crippen LogP) is 5.31. The number of benzene rings is 2. The molecule has 0 amide bonds. The lowest BCUT2D eigenvalue weighted by atomic mass is 9.99. The molecule has 0 spiro atoms. The van der Waals surface area contributed by atoms with Crippen molar-refractivity contribution in [2.45, 2.75) is 26.2 Å². The molecule has 0 atom stereocenters. The van der Waals surface area contributed by atoms with E-state index in [1.54, 1.807) is 0 Å². The topological polar surface area (TPSA) is 36.9 Å². The molecule has 0 bridgehead atoms. The Balaban J connectivity index is 2.18. The Hall–Kier alpha value is -2.53. The molecule has 0 saturated carbocycles. The van der Waals surface area contributed by atoms with Crippen LogP contribution in [0.15, 0.2) is 52.9 Å². The summed E-state index contributed by atoms with van der Waals surface area (Å²) in [7, 11) is 0. The molecule has 2 heteroatoms. The van der Waals surface area contributed by atoms with Crippen molar-refractivity contribution < 1.29 is 4.42 Å². The molecule has 0 aliphatic carbocycles. The van der Waals surface area contributed by atoms with E-state index in [9.17, 15) is 5.26 Å². The van der Waals surface area contributed by atoms with Gasteiger partial charge in [0.25, 0.3) is 0 Å². The molecule has 21 heavy (non-hydrogen) atoms. The van der Waals surface area contributed by atoms with Gasteiger partial charge in [-0.3, -0.25) is 0 Å². The van der Waals surface area contributed by atoms with Crippen LogP contribution in [0.2, 0.25) is 0 Å². The summed E-state index contributed by atoms with van der Waals surface area (Å²) in [5.41, 5.74) is 4.02. The molecule has 3 aromatic rings. The summed E-state index contributed by atoms with van der Waals surface area (Å²) in [4.78, 5) is 0. The monoisotopic (exact) mass is 275 g/mol. The Morgan fingerprint density at radius 3 is 2.62 bits per heavy atom. The standard InChI is InChI=1S/C19H17NO/c1-2-3-7-14-10-11-17-16(12-14)19(18(13-20)21-17)15-8-5-4-6-9-15/h4-6,8-12H,2-3,7H2,1H3. The second kappa shape index (κ2) is 5.85. The quantitative estimate of drug-likeness (QED) is 0.646. The maximum atomic E-state index is 9.35. The van der Waals surface area contributed by atoms with Crippen molar-refractivity contribution in [1.82, 2.24) is 0 Å². The first kappa shape index (κ1) is 13.5. The van der Waals surface area contributed by atoms with E-state index in [4.69, 9.17) is 4.42 Å². The van der Waals surface area contributed by atoms with Gasteiger partial charge in [0.2, 0.25) is 5.76 Å². The van der Waals surface area contributed by atoms with Gasteiger partial charge < -0.3 is 4.42 Å². The van der Waals surface area contributed by atoms with Crippen LogP contribution in [0.4, 0.5) is 0 Å². The van der Waals surface area contributed by atoms with Crippen LogP contribution in [0, 0.1) is 11.3 Å². The molecule has 2 nitrogen and oxygen atoms in total. The van der Waals surface area contributed by atoms with Gasteiger partial charge in [-0.15, -0.1) is 0 Å². The van der Waals surface area contributed by atoms with E-state index in [2.05, 4.69) is 25.1 Å². The van der Waals surface area contributed by atoms with Gasteiger partial charge in [-0.1, -0.05) is 49.7 Å². The number of unbranched alkanes of at least 4 members (excludes halogenated alkanes) is 1. The number of hydrogen-bond acceptors (Lipinski definition) is 2. The molecular formula is C19H17NO. The smallest absolute Gasteiger partial charge is 0.212 e. The largest absolute Gasteiger partial charge is 0.445 e. The minimum Gasteiger partial charge on any atom is -0.445 e. The van der Waals surface area contributed by atoms with E-state index in [1.807, 2.05) is 36.4 Å². The molecule has 0 unspecified atom stereocenters. The van der Waals surface area contributed by atoms with Crippen LogP contribution in [-0.2, 0) is 6.42 Å². The molecule has 2 aromatic carbocycles. The molecule has 104 valence electrons. The maximum Gasteiger partial charge on any atom is 0.212 e. The van der Waals surface area contributed by atoms with Crippen LogP contribution in [0.1, 0.15) is 31.1 Å². The van der Waals surface area contributed by atoms with Gasteiger partial charge in [0.15, 0.2) is 0 Å². The molecular weight excluding hydrogens is 258 g/mol. The van der Waals surface area contributed by atoms with E-state index in [0.717, 1.165) is 28.5 Å². The van der Waals surface area contributed by atoms with Crippen molar-refractivity contribution in [1.29, 1.82) is 5.26 Å². The van der Waals surface area contributed by atoms with Gasteiger partial charge in [0.05, 0.1) is 0 Å². The van der Waals surface area contributed by atoms with Crippen molar-refractivity contribution in [3.05, 3.63) is 59.9 Å². The minimum absolute atomic E-state index is 0.392. The van der Waals surface area contributed by atoms with E-state index in [1.165, 1.54) is 18.4 Å². The van der Waals surface area contributed by atoms with Crippen molar-refractivity contribution in [2.75, 3.05) is 0 Å². The predicted molar refractivity (Wildman–Crippen MR) is 85.0 cm³/mol. The van der Waals surface area contributed by atoms with Gasteiger partial charge in [0, 0.05) is 10.9 Å². The normalized spacial score (nSPS) is 10.7. The minimum atomic E-state index is 0.392. The lowest BCUT2D eigenvalue weighted by Gasteiger charge is -2.02. The zero-order valence-corrected chi connectivity index (χ0v) is 12.1. The highest BCUT2D eigenvalue weighted by Crippen LogP contribution is 2.35. The molecule has 0 fully saturated rings. The molecule has 0 N–H and O–H groups in total. The summed E-state index contributed by atoms with van der Waals surface area (Å²) >= 11 is 0. The number of rotatable bonds is 4. The van der Waals surface area contributed by atoms with Crippen molar-refractivity contribution in [3.63, 3.8) is 0 Å². The first-order chi connectivity index (χ1) is 10.3. The van der Waals surface area contributed by atoms with E-state index < -0.39 is 0 Å². The Morgan fingerprint density at radius 2 is 1.90 bits per heavy atom. The second-order valence-corrected chi connectivity index (χ2v) is 5.22. The van der Waals surface area contributed by atoms with Crippen molar-refractivity contribution in [3.8, 4) is 17.2 Å². The number of nitrogens with zero attached hydrogens (tertiary/aromatic N) is 1. The number of fused-ring (bicyclic) bond motifs is 1. The van der Waals surface area contributed by atoms with Crippen LogP contribution in [0.5, 0.6) is 0 Å². The number of aryl methyl sites for hydroxylation is 1. The number of hydrogen-bond donors (Lipinski definition) is 0. The average Bonchev–Trinajstić information content (AvgIpc) is 2.91. The molecule has 0 radical (unpaired) electrons. The number of furan rings is 1. The second-order valence-electron chi connectivity index (χ2n) is 5.22. The highest BCUT2D eigenvalue weighted by atomic mass is 16.3. The zero-order chi connectivity index (χ0) is 14.7. The highest BCUT2D eigenvalue weighted by Gasteiger charge is 2.15. The van der Waals surface area contributed by atoms with Crippen LogP contribution >= 0.6 is 0 Å². The summed E-state index contributed by atoms with van der Waals surface area (Å²) in [5, 5.41) is 10.4. The van der Waals surface area contributed by atoms with Crippen LogP contribution in [0.3, 0.4) is 0 Å². The van der Waals surface area contributed by atoms with Gasteiger partial charge in [-0.2, -0.15) is 5.26 Å². The SMILES string of the molecule is CCCCc1ccc2oc(C#N)c(-c3ccccc3)c2c1. The maximum absolute atomic E-state index is 9.35. The molecule has 1 aromatic heterocycles. The van der Waals surface area contributed by atoms with Gasteiger partial charge in [-0.05, 0) is 36.1 Å². The van der Waals surface area contributed by atoms with Crippen molar-refractivity contribution in [2.24, 2.45) is 0 Å². The third-order valence-corrected chi connectivity index (χ3v) is 3.74. The summed E-state index contributed by atoms with van der Waals surface area (Å²) in [6.07, 6.45) is 3.42. The van der Waals surface area contributed by atoms with Crippen LogP contribution in [0.25, 0.3) is 22.1 Å². The summed E-state index contributed by atoms with van der Waals surface area (Å²) in [5.74, 6) is 0.392. The Bertz CT molecular complexity index is 794. The van der Waals surface area contributed by atoms with Crippen molar-refractivity contribution >= 4 is 11.0 Å². The molecule has 0 aliphatic heterocycles. The molecule has 0 saturated heterocycles. The third kappa shape index (κ3) is 2.55. The summed E-state index contributed by atoms with van der Waals surface area (Å²) in [6.45, 7) is 2.19. The fourth-order valence-corrected chi connectivity index (χ4v) is 2.65. The lowest BCUT2D eigenvalue weighted by Crippen LogP contribution is -1.85. The molecule has 0 aliphatic rings. The summed E-state index contributed by atoms with van der Waals surface area (Å²) in [6, 6.07) is 18.4. The van der Waals surface area contributed by atoms with Gasteiger partial charge in [0.1, 0.15) is 11.7 Å². The Kier molecular flexibility index (Phi) is 3.75. The highest BCUT2D eigenvalue weighted by molar-refractivity contribution is 5.97. The Morgan fingerprint density at radius 1 is 1.10 bits per heavy atom. The Labute approximate surface area is 124 Å². The first-order valence-electron chi connectivity index (χ1n) is 7.34. The fourth-order valence-electron chi connectivity index (χ4n) is 2.65. The molecule has 3 rings (SSSR count). The van der Waals surface area contributed by atoms with Crippen LogP contribution < -0.4 is 0 Å². The third-order valence-electron chi connectivity index (χ3n) is 3.74. The van der Waals surface area contributed by atoms with E-state index in [-0.39, 0.29) is 0 Å². The van der Waals surface area contributed by atoms with Gasteiger partial charge in [-0.25, -0.2) is 0 Å². The lowest BCUT2D eigenvalue weighted by molar-refractivity contribution is 0.600. The first-order valence-corrected chi connectivity index (χ1v) is 7.34. The number of nitriles is 1. The fraction of sp³-hybridized carbons (Fsp3) is 0.211. The summed E-state index contributed by atoms with van der Waals surface area (Å²) < 4.78 is 5.70. The van der Waals surface area contributed by atoms with Crippen LogP contribution in [-0.4, -0.2) is 0 Å². The zero-order valence-electron chi connectivity index (χ0n) is 12.1. The van der Waals surface area contributed by atoms with E-state index in [0.29, 0.717) is 5.76 Å². The average molecular weight is 275 g/mol. The van der Waals surface area contributed by atoms with Gasteiger partial charge >= 0.3 is 0 Å². The molecule has 1 heterocycles.